The summed E-state index contributed by atoms with van der Waals surface area (Å²) in [6.45, 7) is 6.87. The molecule has 1 saturated heterocycles. The zero-order chi connectivity index (χ0) is 20.8. The van der Waals surface area contributed by atoms with Crippen LogP contribution >= 0.6 is 0 Å². The molecule has 0 atom stereocenters. The van der Waals surface area contributed by atoms with Gasteiger partial charge in [-0.25, -0.2) is 4.99 Å². The number of hydrogen-bond acceptors (Lipinski definition) is 4. The van der Waals surface area contributed by atoms with E-state index in [1.165, 1.54) is 17.7 Å². The summed E-state index contributed by atoms with van der Waals surface area (Å²) in [4.78, 5) is 21.2. The predicted octanol–water partition coefficient (Wildman–Crippen LogP) is 2.60. The molecule has 158 valence electrons. The molecule has 2 aliphatic rings. The fourth-order valence-corrected chi connectivity index (χ4v) is 3.86. The van der Waals surface area contributed by atoms with Crippen molar-refractivity contribution in [3.8, 4) is 5.75 Å². The molecule has 4 rings (SSSR count). The van der Waals surface area contributed by atoms with Crippen molar-refractivity contribution in [1.82, 2.24) is 0 Å². The summed E-state index contributed by atoms with van der Waals surface area (Å²) >= 11 is 0. The Kier molecular flexibility index (Phi) is 6.77. The van der Waals surface area contributed by atoms with Gasteiger partial charge in [-0.1, -0.05) is 38.0 Å². The monoisotopic (exact) mass is 408 g/mol. The van der Waals surface area contributed by atoms with Crippen molar-refractivity contribution in [2.75, 3.05) is 44.5 Å². The Morgan fingerprint density at radius 3 is 2.60 bits per heavy atom. The molecule has 0 radical (unpaired) electrons. The number of hydrogen-bond donors (Lipinski definition) is 1. The van der Waals surface area contributed by atoms with Crippen LogP contribution in [0.2, 0.25) is 0 Å². The first-order valence-electron chi connectivity index (χ1n) is 10.9. The number of carbonyl (C=O) groups excluding carboxylic acids is 1. The largest absolute Gasteiger partial charge is 0.494 e. The first-order chi connectivity index (χ1) is 14.8. The number of ether oxygens (including phenoxy) is 2. The Morgan fingerprint density at radius 1 is 1.07 bits per heavy atom. The van der Waals surface area contributed by atoms with Gasteiger partial charge in [0.25, 0.3) is 5.91 Å². The van der Waals surface area contributed by atoms with Crippen molar-refractivity contribution < 1.29 is 19.2 Å². The second-order valence-corrected chi connectivity index (χ2v) is 7.78. The van der Waals surface area contributed by atoms with Crippen molar-refractivity contribution in [2.45, 2.75) is 26.2 Å². The highest BCUT2D eigenvalue weighted by Gasteiger charge is 2.36. The first kappa shape index (κ1) is 20.6. The zero-order valence-electron chi connectivity index (χ0n) is 17.6. The summed E-state index contributed by atoms with van der Waals surface area (Å²) in [7, 11) is 0. The van der Waals surface area contributed by atoms with Crippen molar-refractivity contribution in [1.29, 1.82) is 0 Å². The van der Waals surface area contributed by atoms with Gasteiger partial charge < -0.3 is 14.4 Å². The highest BCUT2D eigenvalue weighted by molar-refractivity contribution is 6.54. The minimum atomic E-state index is -0.0323. The first-order valence-corrected chi connectivity index (χ1v) is 10.9. The second-order valence-electron chi connectivity index (χ2n) is 7.78. The van der Waals surface area contributed by atoms with Gasteiger partial charge in [0, 0.05) is 5.56 Å². The minimum Gasteiger partial charge on any atom is -0.494 e. The van der Waals surface area contributed by atoms with Gasteiger partial charge in [-0.15, -0.1) is 0 Å². The quantitative estimate of drug-likeness (QED) is 0.683. The molecule has 0 bridgehead atoms. The maximum atomic E-state index is 13.2. The third-order valence-corrected chi connectivity index (χ3v) is 5.57. The maximum absolute atomic E-state index is 13.2. The van der Waals surface area contributed by atoms with Crippen molar-refractivity contribution in [3.63, 3.8) is 0 Å². The molecule has 6 heteroatoms. The second kappa shape index (κ2) is 9.87. The average Bonchev–Trinajstić information content (AvgIpc) is 3.04. The lowest BCUT2D eigenvalue weighted by Crippen LogP contribution is -3.15. The molecule has 6 nitrogen and oxygen atoms in total. The van der Waals surface area contributed by atoms with E-state index < -0.39 is 0 Å². The smallest absolute Gasteiger partial charge is 0.281 e. The number of nitrogens with one attached hydrogen (secondary N) is 1. The minimum absolute atomic E-state index is 0.0323. The SMILES string of the molecule is CCCCCOc1ccc(N=C2C(=O)N(C[NH+]3CCOCC3)c3ccccc32)cc1. The number of morpholine rings is 1. The molecule has 2 heterocycles. The normalized spacial score (nSPS) is 18.1. The summed E-state index contributed by atoms with van der Waals surface area (Å²) < 4.78 is 11.2. The van der Waals surface area contributed by atoms with E-state index in [0.717, 1.165) is 62.0 Å². The Morgan fingerprint density at radius 2 is 1.83 bits per heavy atom. The molecule has 30 heavy (non-hydrogen) atoms. The molecule has 2 aliphatic heterocycles. The van der Waals surface area contributed by atoms with E-state index in [0.29, 0.717) is 12.4 Å². The van der Waals surface area contributed by atoms with Crippen LogP contribution in [-0.4, -0.2) is 51.2 Å². The van der Waals surface area contributed by atoms with E-state index in [4.69, 9.17) is 14.5 Å². The van der Waals surface area contributed by atoms with Crippen molar-refractivity contribution in [2.24, 2.45) is 4.99 Å². The average molecular weight is 409 g/mol. The van der Waals surface area contributed by atoms with Gasteiger partial charge in [0.2, 0.25) is 0 Å². The molecule has 0 aliphatic carbocycles. The number of carbonyl (C=O) groups is 1. The molecule has 2 aromatic rings. The highest BCUT2D eigenvalue weighted by atomic mass is 16.5. The molecule has 0 unspecified atom stereocenters. The van der Waals surface area contributed by atoms with E-state index in [2.05, 4.69) is 6.92 Å². The summed E-state index contributed by atoms with van der Waals surface area (Å²) in [6, 6.07) is 15.6. The molecule has 1 amide bonds. The van der Waals surface area contributed by atoms with Gasteiger partial charge in [-0.05, 0) is 36.8 Å². The van der Waals surface area contributed by atoms with Gasteiger partial charge in [0.05, 0.1) is 31.2 Å². The van der Waals surface area contributed by atoms with E-state index in [1.807, 2.05) is 53.4 Å². The molecule has 1 fully saturated rings. The van der Waals surface area contributed by atoms with E-state index in [9.17, 15) is 4.79 Å². The number of anilines is 1. The molecule has 0 aromatic heterocycles. The number of fused-ring (bicyclic) bond motifs is 1. The number of quaternary nitrogens is 1. The standard InChI is InChI=1S/C24H29N3O3/c1-2-3-6-15-30-20-11-9-19(10-12-20)25-23-21-7-4-5-8-22(21)27(24(23)28)18-26-13-16-29-17-14-26/h4-5,7-12H,2-3,6,13-18H2,1H3/p+1. The summed E-state index contributed by atoms with van der Waals surface area (Å²) in [6.07, 6.45) is 3.42. The lowest BCUT2D eigenvalue weighted by molar-refractivity contribution is -0.906. The van der Waals surface area contributed by atoms with Crippen LogP contribution in [0.4, 0.5) is 11.4 Å². The van der Waals surface area contributed by atoms with Gasteiger partial charge >= 0.3 is 0 Å². The number of rotatable bonds is 8. The van der Waals surface area contributed by atoms with E-state index in [1.54, 1.807) is 0 Å². The third-order valence-electron chi connectivity index (χ3n) is 5.57. The Labute approximate surface area is 178 Å². The van der Waals surface area contributed by atoms with Gasteiger partial charge in [0.1, 0.15) is 24.6 Å². The number of amides is 1. The summed E-state index contributed by atoms with van der Waals surface area (Å²) in [5.74, 6) is 0.806. The van der Waals surface area contributed by atoms with Crippen LogP contribution in [0.3, 0.4) is 0 Å². The highest BCUT2D eigenvalue weighted by Crippen LogP contribution is 2.30. The zero-order valence-corrected chi connectivity index (χ0v) is 17.6. The van der Waals surface area contributed by atoms with Crippen LogP contribution in [-0.2, 0) is 9.53 Å². The fourth-order valence-electron chi connectivity index (χ4n) is 3.86. The summed E-state index contributed by atoms with van der Waals surface area (Å²) in [5, 5.41) is 0. The molecule has 2 aromatic carbocycles. The van der Waals surface area contributed by atoms with Crippen LogP contribution < -0.4 is 14.5 Å². The Hall–Kier alpha value is -2.70. The van der Waals surface area contributed by atoms with Crippen molar-refractivity contribution >= 4 is 23.0 Å². The molecule has 0 spiro atoms. The predicted molar refractivity (Wildman–Crippen MR) is 118 cm³/mol. The molecular weight excluding hydrogens is 378 g/mol. The van der Waals surface area contributed by atoms with Gasteiger partial charge in [0.15, 0.2) is 6.67 Å². The van der Waals surface area contributed by atoms with Crippen LogP contribution in [0.1, 0.15) is 31.7 Å². The molecular formula is C24H30N3O3+. The van der Waals surface area contributed by atoms with E-state index >= 15 is 0 Å². The van der Waals surface area contributed by atoms with Crippen LogP contribution in [0, 0.1) is 0 Å². The number of nitrogens with zero attached hydrogens (tertiary/aromatic N) is 2. The number of unbranched alkanes of at least 4 members (excludes halogenated alkanes) is 2. The topological polar surface area (TPSA) is 55.6 Å². The summed E-state index contributed by atoms with van der Waals surface area (Å²) in [5.41, 5.74) is 3.11. The van der Waals surface area contributed by atoms with Gasteiger partial charge in [-0.2, -0.15) is 0 Å². The number of aliphatic imine (C=N–C) groups is 1. The Balaban J connectivity index is 1.50. The Bertz CT molecular complexity index is 889. The van der Waals surface area contributed by atoms with Crippen LogP contribution in [0.15, 0.2) is 53.5 Å². The van der Waals surface area contributed by atoms with E-state index in [-0.39, 0.29) is 5.91 Å². The molecule has 0 saturated carbocycles. The third kappa shape index (κ3) is 4.71. The fraction of sp³-hybridized carbons (Fsp3) is 0.417. The van der Waals surface area contributed by atoms with Crippen LogP contribution in [0.5, 0.6) is 5.75 Å². The van der Waals surface area contributed by atoms with Crippen LogP contribution in [0.25, 0.3) is 0 Å². The number of para-hydroxylation sites is 1. The number of benzene rings is 2. The maximum Gasteiger partial charge on any atom is 0.281 e. The van der Waals surface area contributed by atoms with Gasteiger partial charge in [-0.3, -0.25) is 9.69 Å². The molecule has 1 N–H and O–H groups in total. The van der Waals surface area contributed by atoms with Crippen molar-refractivity contribution in [3.05, 3.63) is 54.1 Å². The lowest BCUT2D eigenvalue weighted by atomic mass is 10.1. The lowest BCUT2D eigenvalue weighted by Gasteiger charge is -2.27.